The number of nitrogens with zero attached hydrogens (tertiary/aromatic N) is 1. The molecule has 0 saturated carbocycles. The summed E-state index contributed by atoms with van der Waals surface area (Å²) in [6.07, 6.45) is 5.54. The molecular formula is C26H32FN3O3. The predicted octanol–water partition coefficient (Wildman–Crippen LogP) is 5.45. The lowest BCUT2D eigenvalue weighted by molar-refractivity contribution is -0.121. The SMILES string of the molecule is CCCC1(CCC)C(=O)Nc2ccc(C#N)cc21.CCCCOc1ccc(C(N)=O)c(F)c1. The summed E-state index contributed by atoms with van der Waals surface area (Å²) in [6.45, 7) is 6.78. The topological polar surface area (TPSA) is 105 Å². The van der Waals surface area contributed by atoms with Crippen LogP contribution in [0.15, 0.2) is 36.4 Å². The first kappa shape index (κ1) is 25.9. The number of nitriles is 1. The number of nitrogens with one attached hydrogen (secondary N) is 1. The van der Waals surface area contributed by atoms with Gasteiger partial charge >= 0.3 is 0 Å². The van der Waals surface area contributed by atoms with Gasteiger partial charge in [-0.15, -0.1) is 0 Å². The van der Waals surface area contributed by atoms with Crippen LogP contribution < -0.4 is 15.8 Å². The molecule has 1 aliphatic rings. The highest BCUT2D eigenvalue weighted by atomic mass is 19.1. The number of fused-ring (bicyclic) bond motifs is 1. The normalized spacial score (nSPS) is 13.2. The Balaban J connectivity index is 0.000000238. The Kier molecular flexibility index (Phi) is 9.41. The molecule has 0 aromatic heterocycles. The van der Waals surface area contributed by atoms with Crippen molar-refractivity contribution in [2.75, 3.05) is 11.9 Å². The van der Waals surface area contributed by atoms with Gasteiger partial charge in [0.1, 0.15) is 11.6 Å². The van der Waals surface area contributed by atoms with Crippen molar-refractivity contribution in [3.63, 3.8) is 0 Å². The summed E-state index contributed by atoms with van der Waals surface area (Å²) in [5.41, 5.74) is 6.94. The van der Waals surface area contributed by atoms with Gasteiger partial charge in [-0.1, -0.05) is 40.0 Å². The zero-order valence-electron chi connectivity index (χ0n) is 19.5. The Bertz CT molecular complexity index is 1020. The van der Waals surface area contributed by atoms with Crippen LogP contribution in [0.4, 0.5) is 10.1 Å². The van der Waals surface area contributed by atoms with Gasteiger partial charge in [-0.2, -0.15) is 5.26 Å². The number of carbonyl (C=O) groups is 2. The summed E-state index contributed by atoms with van der Waals surface area (Å²) >= 11 is 0. The van der Waals surface area contributed by atoms with Gasteiger partial charge in [0, 0.05) is 11.8 Å². The van der Waals surface area contributed by atoms with E-state index in [0.717, 1.165) is 49.8 Å². The Morgan fingerprint density at radius 2 is 1.82 bits per heavy atom. The number of primary amides is 1. The number of benzene rings is 2. The molecule has 176 valence electrons. The largest absolute Gasteiger partial charge is 0.493 e. The molecule has 0 spiro atoms. The molecule has 2 amide bonds. The van der Waals surface area contributed by atoms with Crippen LogP contribution in [0.25, 0.3) is 0 Å². The van der Waals surface area contributed by atoms with Crippen LogP contribution in [0.1, 0.15) is 80.8 Å². The highest BCUT2D eigenvalue weighted by Crippen LogP contribution is 2.44. The van der Waals surface area contributed by atoms with Crippen LogP contribution in [-0.4, -0.2) is 18.4 Å². The summed E-state index contributed by atoms with van der Waals surface area (Å²) < 4.78 is 18.5. The Morgan fingerprint density at radius 1 is 1.12 bits per heavy atom. The Labute approximate surface area is 194 Å². The molecule has 0 radical (unpaired) electrons. The number of amides is 2. The molecule has 3 rings (SSSR count). The van der Waals surface area contributed by atoms with Gasteiger partial charge in [0.2, 0.25) is 5.91 Å². The van der Waals surface area contributed by atoms with Crippen molar-refractivity contribution in [3.8, 4) is 11.8 Å². The first-order valence-corrected chi connectivity index (χ1v) is 11.4. The highest BCUT2D eigenvalue weighted by molar-refractivity contribution is 6.06. The molecule has 0 saturated heterocycles. The van der Waals surface area contributed by atoms with E-state index in [0.29, 0.717) is 17.9 Å². The number of nitrogens with two attached hydrogens (primary N) is 1. The molecule has 0 aliphatic carbocycles. The van der Waals surface area contributed by atoms with Gasteiger partial charge in [0.25, 0.3) is 5.91 Å². The smallest absolute Gasteiger partial charge is 0.251 e. The summed E-state index contributed by atoms with van der Waals surface area (Å²) in [5, 5.41) is 12.0. The maximum absolute atomic E-state index is 13.2. The zero-order chi connectivity index (χ0) is 24.4. The monoisotopic (exact) mass is 453 g/mol. The van der Waals surface area contributed by atoms with Crippen molar-refractivity contribution in [3.05, 3.63) is 58.9 Å². The maximum Gasteiger partial charge on any atom is 0.251 e. The zero-order valence-corrected chi connectivity index (χ0v) is 19.5. The Morgan fingerprint density at radius 3 is 2.36 bits per heavy atom. The Hall–Kier alpha value is -3.40. The number of rotatable bonds is 9. The second kappa shape index (κ2) is 12.0. The van der Waals surface area contributed by atoms with Crippen molar-refractivity contribution in [1.29, 1.82) is 5.26 Å². The molecular weight excluding hydrogens is 421 g/mol. The molecule has 33 heavy (non-hydrogen) atoms. The van der Waals surface area contributed by atoms with Crippen LogP contribution in [0.3, 0.4) is 0 Å². The average Bonchev–Trinajstić information content (AvgIpc) is 3.05. The summed E-state index contributed by atoms with van der Waals surface area (Å²) in [6, 6.07) is 11.7. The van der Waals surface area contributed by atoms with Crippen molar-refractivity contribution in [2.45, 2.75) is 64.7 Å². The number of unbranched alkanes of at least 4 members (excludes halogenated alkanes) is 1. The minimum absolute atomic E-state index is 0.0938. The summed E-state index contributed by atoms with van der Waals surface area (Å²) in [5.74, 6) is -0.897. The van der Waals surface area contributed by atoms with Gasteiger partial charge in [0.15, 0.2) is 0 Å². The van der Waals surface area contributed by atoms with E-state index < -0.39 is 17.1 Å². The highest BCUT2D eigenvalue weighted by Gasteiger charge is 2.45. The van der Waals surface area contributed by atoms with E-state index >= 15 is 0 Å². The van der Waals surface area contributed by atoms with Crippen LogP contribution in [0.2, 0.25) is 0 Å². The van der Waals surface area contributed by atoms with Crippen molar-refractivity contribution in [1.82, 2.24) is 0 Å². The van der Waals surface area contributed by atoms with Crippen LogP contribution in [0, 0.1) is 17.1 Å². The summed E-state index contributed by atoms with van der Waals surface area (Å²) in [4.78, 5) is 23.1. The van der Waals surface area contributed by atoms with Gasteiger partial charge in [-0.25, -0.2) is 4.39 Å². The molecule has 2 aromatic rings. The van der Waals surface area contributed by atoms with Gasteiger partial charge in [0.05, 0.1) is 29.2 Å². The fourth-order valence-electron chi connectivity index (χ4n) is 4.08. The van der Waals surface area contributed by atoms with Crippen molar-refractivity contribution in [2.24, 2.45) is 5.73 Å². The first-order chi connectivity index (χ1) is 15.8. The molecule has 0 bridgehead atoms. The van der Waals surface area contributed by atoms with Gasteiger partial charge in [-0.05, 0) is 55.2 Å². The minimum Gasteiger partial charge on any atom is -0.493 e. The lowest BCUT2D eigenvalue weighted by Crippen LogP contribution is -2.34. The minimum atomic E-state index is -0.771. The molecule has 1 aliphatic heterocycles. The number of ether oxygens (including phenoxy) is 1. The van der Waals surface area contributed by atoms with Crippen molar-refractivity contribution < 1.29 is 18.7 Å². The number of carbonyl (C=O) groups excluding carboxylic acids is 2. The lowest BCUT2D eigenvalue weighted by Gasteiger charge is -2.26. The van der Waals surface area contributed by atoms with E-state index in [1.165, 1.54) is 12.1 Å². The molecule has 6 nitrogen and oxygen atoms in total. The third kappa shape index (κ3) is 6.10. The van der Waals surface area contributed by atoms with E-state index in [1.54, 1.807) is 12.1 Å². The van der Waals surface area contributed by atoms with E-state index in [4.69, 9.17) is 15.7 Å². The number of hydrogen-bond donors (Lipinski definition) is 2. The lowest BCUT2D eigenvalue weighted by atomic mass is 9.74. The molecule has 0 atom stereocenters. The fourth-order valence-corrected chi connectivity index (χ4v) is 4.08. The van der Waals surface area contributed by atoms with Crippen LogP contribution in [-0.2, 0) is 10.2 Å². The summed E-state index contributed by atoms with van der Waals surface area (Å²) in [7, 11) is 0. The third-order valence-electron chi connectivity index (χ3n) is 5.67. The quantitative estimate of drug-likeness (QED) is 0.492. The second-order valence-electron chi connectivity index (χ2n) is 8.12. The van der Waals surface area contributed by atoms with E-state index in [-0.39, 0.29) is 11.5 Å². The standard InChI is InChI=1S/C15H18N2O.C11H14FNO2/c1-3-7-15(8-4-2)12-9-11(10-16)5-6-13(12)17-14(15)18;1-2-3-6-15-8-4-5-9(11(13)14)10(12)7-8/h5-6,9H,3-4,7-8H2,1-2H3,(H,17,18);4-5,7H,2-3,6H2,1H3,(H2,13,14). The van der Waals surface area contributed by atoms with Crippen LogP contribution >= 0.6 is 0 Å². The fraction of sp³-hybridized carbons (Fsp3) is 0.423. The third-order valence-corrected chi connectivity index (χ3v) is 5.67. The predicted molar refractivity (Wildman–Crippen MR) is 127 cm³/mol. The number of halogens is 1. The number of hydrogen-bond acceptors (Lipinski definition) is 4. The first-order valence-electron chi connectivity index (χ1n) is 11.4. The van der Waals surface area contributed by atoms with Gasteiger partial charge in [-0.3, -0.25) is 9.59 Å². The van der Waals surface area contributed by atoms with E-state index in [1.807, 2.05) is 19.1 Å². The molecule has 7 heteroatoms. The molecule has 0 fully saturated rings. The second-order valence-corrected chi connectivity index (χ2v) is 8.12. The molecule has 2 aromatic carbocycles. The van der Waals surface area contributed by atoms with Crippen molar-refractivity contribution >= 4 is 17.5 Å². The molecule has 3 N–H and O–H groups in total. The molecule has 0 unspecified atom stereocenters. The van der Waals surface area contributed by atoms with E-state index in [9.17, 15) is 14.0 Å². The average molecular weight is 454 g/mol. The van der Waals surface area contributed by atoms with E-state index in [2.05, 4.69) is 25.2 Å². The molecule has 1 heterocycles. The maximum atomic E-state index is 13.2. The van der Waals surface area contributed by atoms with Crippen LogP contribution in [0.5, 0.6) is 5.75 Å². The number of anilines is 1. The van der Waals surface area contributed by atoms with Gasteiger partial charge < -0.3 is 15.8 Å².